The molecule has 1 aromatic rings. The van der Waals surface area contributed by atoms with Crippen LogP contribution in [0.2, 0.25) is 0 Å². The third-order valence-electron chi connectivity index (χ3n) is 10.5. The number of hydrogen-bond donors (Lipinski definition) is 12. The number of phenols is 1. The van der Waals surface area contributed by atoms with E-state index in [1.807, 2.05) is 0 Å². The summed E-state index contributed by atoms with van der Waals surface area (Å²) in [5.41, 5.74) is 16.6. The van der Waals surface area contributed by atoms with Crippen LogP contribution in [0.3, 0.4) is 0 Å². The molecular weight excluding hydrogens is 943 g/mol. The summed E-state index contributed by atoms with van der Waals surface area (Å²) in [5.74, 6) is -10.4. The normalized spacial score (nSPS) is 20.9. The number of benzene rings is 1. The Kier molecular flexibility index (Phi) is 25.9. The first-order valence-corrected chi connectivity index (χ1v) is 24.9. The summed E-state index contributed by atoms with van der Waals surface area (Å²) >= 11 is 0. The van der Waals surface area contributed by atoms with Crippen LogP contribution in [0.5, 0.6) is 5.75 Å². The van der Waals surface area contributed by atoms with Crippen LogP contribution in [0.4, 0.5) is 0 Å². The third kappa shape index (κ3) is 22.2. The molecule has 0 spiro atoms. The lowest BCUT2D eigenvalue weighted by atomic mass is 9.96. The van der Waals surface area contributed by atoms with E-state index in [4.69, 9.17) is 17.2 Å². The van der Waals surface area contributed by atoms with Gasteiger partial charge in [0.25, 0.3) is 0 Å². The number of aromatic hydroxyl groups is 1. The number of rotatable bonds is 21. The summed E-state index contributed by atoms with van der Waals surface area (Å²) in [4.78, 5) is 147. The number of carbonyl (C=O) groups is 11. The van der Waals surface area contributed by atoms with Gasteiger partial charge in [-0.1, -0.05) is 67.8 Å². The highest BCUT2D eigenvalue weighted by Crippen LogP contribution is 2.24. The lowest BCUT2D eigenvalue weighted by Crippen LogP contribution is -2.61. The Balaban J connectivity index is 2.63. The molecule has 11 amide bonds. The number of nitrogens with two attached hydrogens (primary N) is 3. The summed E-state index contributed by atoms with van der Waals surface area (Å²) in [6, 6.07) is -2.68. The van der Waals surface area contributed by atoms with E-state index in [0.29, 0.717) is 12.0 Å². The van der Waals surface area contributed by atoms with Crippen molar-refractivity contribution in [1.82, 2.24) is 42.1 Å². The average molecular weight is 1010 g/mol. The second-order valence-electron chi connectivity index (χ2n) is 16.8. The maximum absolute atomic E-state index is 14.4. The molecule has 26 heteroatoms. The van der Waals surface area contributed by atoms with Gasteiger partial charge in [0.2, 0.25) is 65.0 Å². The number of aliphatic hydroxyl groups is 1. The molecule has 0 bridgehead atoms. The number of aliphatic hydroxyl groups excluding tert-OH is 1. The fourth-order valence-electron chi connectivity index (χ4n) is 6.72. The van der Waals surface area contributed by atoms with Crippen LogP contribution in [0, 0.1) is 11.8 Å². The van der Waals surface area contributed by atoms with Crippen molar-refractivity contribution in [3.05, 3.63) is 29.8 Å². The SMILES string of the molecule is CC[C@H](C)[C@@H]1NC(=O)[C@H](Cc2ccc(O)cc2)NC(=O)CCSSC[C@@H](C(=O)N(CCCO)CC(=O)N[C@@H](CC(C)C)C(=O)NCC(N)=O)NC(=O)[C@H](CC(N)=O)NC(=O)[C@H](CCC(N)=O)NC1=O. The molecule has 1 saturated heterocycles. The van der Waals surface area contributed by atoms with Crippen LogP contribution in [-0.4, -0.2) is 154 Å². The zero-order chi connectivity index (χ0) is 51.8. The molecule has 2 rings (SSSR count). The maximum atomic E-state index is 14.4. The monoisotopic (exact) mass is 1010 g/mol. The Hall–Kier alpha value is -6.15. The van der Waals surface area contributed by atoms with Crippen molar-refractivity contribution >= 4 is 86.6 Å². The first kappa shape index (κ1) is 59.0. The predicted octanol–water partition coefficient (Wildman–Crippen LogP) is -3.33. The van der Waals surface area contributed by atoms with Gasteiger partial charge in [0, 0.05) is 43.9 Å². The molecular formula is C43H67N11O13S2. The average Bonchev–Trinajstić information content (AvgIpc) is 3.28. The van der Waals surface area contributed by atoms with E-state index in [9.17, 15) is 63.0 Å². The van der Waals surface area contributed by atoms with Gasteiger partial charge in [0.05, 0.1) is 19.5 Å². The summed E-state index contributed by atoms with van der Waals surface area (Å²) < 4.78 is 0. The number of carbonyl (C=O) groups excluding carboxylic acids is 11. The molecule has 384 valence electrons. The molecule has 1 aliphatic heterocycles. The van der Waals surface area contributed by atoms with Crippen LogP contribution in [0.25, 0.3) is 0 Å². The van der Waals surface area contributed by atoms with Crippen molar-refractivity contribution in [2.45, 2.75) is 115 Å². The highest BCUT2D eigenvalue weighted by atomic mass is 33.1. The van der Waals surface area contributed by atoms with Crippen LogP contribution < -0.4 is 54.4 Å². The molecule has 15 N–H and O–H groups in total. The standard InChI is InChI=1S/C43H67N11O13S2/c1-5-24(4)37-42(66)50-27(11-12-32(44)57)39(63)51-30(19-33(45)58)40(64)52-31(22-69-68-16-13-35(60)48-29(41(65)53-37)18-25-7-9-26(56)10-8-25)43(67)54(14-6-15-55)21-36(61)49-28(17-23(2)3)38(62)47-20-34(46)59/h7-10,23-24,27-31,37,55-56H,5-6,11-22H2,1-4H3,(H2,44,57)(H2,45,58)(H2,46,59)(H,47,62)(H,48,60)(H,49,61)(H,50,66)(H,51,63)(H,52,64)(H,53,65)/t24-,27-,28-,29-,30-,31-,37-/m0/s1. The molecule has 1 aromatic carbocycles. The lowest BCUT2D eigenvalue weighted by Gasteiger charge is -2.30. The highest BCUT2D eigenvalue weighted by Gasteiger charge is 2.36. The zero-order valence-electron chi connectivity index (χ0n) is 39.2. The first-order chi connectivity index (χ1) is 32.5. The minimum Gasteiger partial charge on any atom is -0.508 e. The lowest BCUT2D eigenvalue weighted by molar-refractivity contribution is -0.140. The van der Waals surface area contributed by atoms with Crippen molar-refractivity contribution < 1.29 is 63.0 Å². The van der Waals surface area contributed by atoms with E-state index in [0.717, 1.165) is 26.5 Å². The van der Waals surface area contributed by atoms with Crippen LogP contribution in [0.1, 0.15) is 78.2 Å². The molecule has 0 unspecified atom stereocenters. The van der Waals surface area contributed by atoms with E-state index >= 15 is 0 Å². The Morgan fingerprint density at radius 1 is 0.812 bits per heavy atom. The van der Waals surface area contributed by atoms with Gasteiger partial charge in [0.15, 0.2) is 0 Å². The Labute approximate surface area is 408 Å². The van der Waals surface area contributed by atoms with E-state index in [1.165, 1.54) is 12.1 Å². The zero-order valence-corrected chi connectivity index (χ0v) is 40.8. The van der Waals surface area contributed by atoms with Crippen molar-refractivity contribution in [2.75, 3.05) is 37.7 Å². The number of hydrogen-bond acceptors (Lipinski definition) is 15. The van der Waals surface area contributed by atoms with E-state index in [2.05, 4.69) is 37.2 Å². The maximum Gasteiger partial charge on any atom is 0.246 e. The molecule has 24 nitrogen and oxygen atoms in total. The molecule has 7 atom stereocenters. The molecule has 0 saturated carbocycles. The van der Waals surface area contributed by atoms with Gasteiger partial charge >= 0.3 is 0 Å². The number of nitrogens with zero attached hydrogens (tertiary/aromatic N) is 1. The molecule has 0 radical (unpaired) electrons. The Morgan fingerprint density at radius 2 is 1.45 bits per heavy atom. The Morgan fingerprint density at radius 3 is 2.04 bits per heavy atom. The minimum atomic E-state index is -1.78. The summed E-state index contributed by atoms with van der Waals surface area (Å²) in [5, 5.41) is 37.2. The molecule has 0 aliphatic carbocycles. The fourth-order valence-corrected chi connectivity index (χ4v) is 8.86. The predicted molar refractivity (Wildman–Crippen MR) is 255 cm³/mol. The number of phenolic OH excluding ortho intramolecular Hbond substituents is 1. The molecule has 69 heavy (non-hydrogen) atoms. The van der Waals surface area contributed by atoms with E-state index < -0.39 is 146 Å². The van der Waals surface area contributed by atoms with Gasteiger partial charge < -0.3 is 69.5 Å². The van der Waals surface area contributed by atoms with Gasteiger partial charge in [-0.2, -0.15) is 0 Å². The topological polar surface area (TPSA) is 394 Å². The van der Waals surface area contributed by atoms with Gasteiger partial charge in [0.1, 0.15) is 42.0 Å². The fraction of sp³-hybridized carbons (Fsp3) is 0.605. The van der Waals surface area contributed by atoms with Gasteiger partial charge in [-0.25, -0.2) is 0 Å². The highest BCUT2D eigenvalue weighted by molar-refractivity contribution is 8.76. The molecule has 1 heterocycles. The number of primary amides is 3. The van der Waals surface area contributed by atoms with Crippen LogP contribution >= 0.6 is 21.6 Å². The Bertz CT molecular complexity index is 1980. The minimum absolute atomic E-state index is 0.0341. The number of amides is 11. The molecule has 1 aliphatic rings. The molecule has 0 aromatic heterocycles. The van der Waals surface area contributed by atoms with E-state index in [-0.39, 0.29) is 55.4 Å². The summed E-state index contributed by atoms with van der Waals surface area (Å²) in [7, 11) is 2.14. The summed E-state index contributed by atoms with van der Waals surface area (Å²) in [6.45, 7) is 5.15. The van der Waals surface area contributed by atoms with Crippen LogP contribution in [-0.2, 0) is 59.2 Å². The second-order valence-corrected chi connectivity index (χ2v) is 19.5. The number of nitrogens with one attached hydrogen (secondary N) is 7. The van der Waals surface area contributed by atoms with Crippen molar-refractivity contribution in [3.8, 4) is 5.75 Å². The second kappa shape index (κ2) is 30.4. The molecule has 1 fully saturated rings. The quantitative estimate of drug-likeness (QED) is 0.0536. The van der Waals surface area contributed by atoms with E-state index in [1.54, 1.807) is 39.8 Å². The van der Waals surface area contributed by atoms with Crippen molar-refractivity contribution in [3.63, 3.8) is 0 Å². The van der Waals surface area contributed by atoms with Gasteiger partial charge in [-0.15, -0.1) is 0 Å². The smallest absolute Gasteiger partial charge is 0.246 e. The third-order valence-corrected chi connectivity index (χ3v) is 13.0. The van der Waals surface area contributed by atoms with Crippen LogP contribution in [0.15, 0.2) is 24.3 Å². The van der Waals surface area contributed by atoms with Gasteiger partial charge in [-0.05, 0) is 48.8 Å². The van der Waals surface area contributed by atoms with Crippen molar-refractivity contribution in [1.29, 1.82) is 0 Å². The summed E-state index contributed by atoms with van der Waals surface area (Å²) in [6.07, 6.45) is -1.42. The van der Waals surface area contributed by atoms with Crippen molar-refractivity contribution in [2.24, 2.45) is 29.0 Å². The largest absolute Gasteiger partial charge is 0.508 e. The van der Waals surface area contributed by atoms with Gasteiger partial charge in [-0.3, -0.25) is 52.7 Å². The first-order valence-electron chi connectivity index (χ1n) is 22.4.